The molecule has 2 rings (SSSR count). The molecule has 1 atom stereocenters. The van der Waals surface area contributed by atoms with Crippen LogP contribution in [0.3, 0.4) is 0 Å². The van der Waals surface area contributed by atoms with Gasteiger partial charge >= 0.3 is 18.1 Å². The molecule has 0 aromatic heterocycles. The van der Waals surface area contributed by atoms with Crippen molar-refractivity contribution in [2.45, 2.75) is 31.5 Å². The Morgan fingerprint density at radius 2 is 1.41 bits per heavy atom. The highest BCUT2D eigenvalue weighted by atomic mass is 19.4. The van der Waals surface area contributed by atoms with Gasteiger partial charge in [-0.05, 0) is 31.4 Å². The van der Waals surface area contributed by atoms with E-state index in [2.05, 4.69) is 5.32 Å². The molecule has 0 fully saturated rings. The Kier molecular flexibility index (Phi) is 8.51. The van der Waals surface area contributed by atoms with E-state index in [0.29, 0.717) is 11.1 Å². The number of benzene rings is 2. The van der Waals surface area contributed by atoms with Crippen molar-refractivity contribution in [2.75, 3.05) is 6.54 Å². The van der Waals surface area contributed by atoms with Gasteiger partial charge in [-0.3, -0.25) is 14.4 Å². The van der Waals surface area contributed by atoms with Crippen molar-refractivity contribution in [2.24, 2.45) is 0 Å². The molecule has 10 heteroatoms. The van der Waals surface area contributed by atoms with Crippen LogP contribution in [0.4, 0.5) is 13.2 Å². The molecule has 0 saturated heterocycles. The zero-order valence-corrected chi connectivity index (χ0v) is 16.8. The molecule has 0 saturated carbocycles. The summed E-state index contributed by atoms with van der Waals surface area (Å²) in [6.45, 7) is -0.268. The first-order valence-corrected chi connectivity index (χ1v) is 9.68. The standard InChI is InChI=1S/C22H21F3N2O5/c23-22(24,25)21(32)26-13-5-4-8-17(20(30)31)27-19(29)16-11-9-15(10-12-16)18(28)14-6-2-1-3-7-14/h1-3,6-7,9-12,17H,4-5,8,13H2,(H,26,32)(H,27,29)(H,30,31). The highest BCUT2D eigenvalue weighted by molar-refractivity contribution is 6.09. The predicted molar refractivity (Wildman–Crippen MR) is 108 cm³/mol. The fourth-order valence-electron chi connectivity index (χ4n) is 2.80. The predicted octanol–water partition coefficient (Wildman–Crippen LogP) is 2.95. The zero-order valence-electron chi connectivity index (χ0n) is 16.8. The van der Waals surface area contributed by atoms with Crippen LogP contribution in [-0.4, -0.2) is 47.4 Å². The molecule has 0 heterocycles. The normalized spacial score (nSPS) is 12.0. The third kappa shape index (κ3) is 7.22. The van der Waals surface area contributed by atoms with Crippen LogP contribution in [0.1, 0.15) is 45.5 Å². The molecule has 2 aromatic rings. The van der Waals surface area contributed by atoms with E-state index in [4.69, 9.17) is 0 Å². The van der Waals surface area contributed by atoms with Crippen molar-refractivity contribution < 1.29 is 37.5 Å². The van der Waals surface area contributed by atoms with Crippen molar-refractivity contribution in [3.8, 4) is 0 Å². The van der Waals surface area contributed by atoms with Crippen LogP contribution in [0.2, 0.25) is 0 Å². The van der Waals surface area contributed by atoms with E-state index in [-0.39, 0.29) is 37.2 Å². The van der Waals surface area contributed by atoms with Crippen LogP contribution in [0.5, 0.6) is 0 Å². The summed E-state index contributed by atoms with van der Waals surface area (Å²) in [5.74, 6) is -4.25. The van der Waals surface area contributed by atoms with E-state index in [9.17, 15) is 37.5 Å². The number of ketones is 1. The molecule has 7 nitrogen and oxygen atoms in total. The quantitative estimate of drug-likeness (QED) is 0.381. The molecule has 2 amide bonds. The minimum atomic E-state index is -4.97. The van der Waals surface area contributed by atoms with Crippen LogP contribution in [0, 0.1) is 0 Å². The van der Waals surface area contributed by atoms with Crippen LogP contribution in [0.15, 0.2) is 54.6 Å². The Balaban J connectivity index is 1.87. The maximum absolute atomic E-state index is 12.4. The summed E-state index contributed by atoms with van der Waals surface area (Å²) in [7, 11) is 0. The number of hydrogen-bond acceptors (Lipinski definition) is 4. The second-order valence-corrected chi connectivity index (χ2v) is 6.89. The lowest BCUT2D eigenvalue weighted by atomic mass is 10.0. The summed E-state index contributed by atoms with van der Waals surface area (Å²) < 4.78 is 36.3. The lowest BCUT2D eigenvalue weighted by Crippen LogP contribution is -2.41. The first kappa shape index (κ1) is 24.6. The lowest BCUT2D eigenvalue weighted by molar-refractivity contribution is -0.173. The minimum Gasteiger partial charge on any atom is -0.480 e. The number of carboxylic acids is 1. The number of aliphatic carboxylic acids is 1. The second-order valence-electron chi connectivity index (χ2n) is 6.89. The zero-order chi connectivity index (χ0) is 23.7. The number of carbonyl (C=O) groups is 4. The Morgan fingerprint density at radius 1 is 0.844 bits per heavy atom. The fraction of sp³-hybridized carbons (Fsp3) is 0.273. The largest absolute Gasteiger partial charge is 0.480 e. The number of carbonyl (C=O) groups excluding carboxylic acids is 3. The molecule has 3 N–H and O–H groups in total. The van der Waals surface area contributed by atoms with Crippen molar-refractivity contribution in [1.82, 2.24) is 10.6 Å². The van der Waals surface area contributed by atoms with E-state index >= 15 is 0 Å². The van der Waals surface area contributed by atoms with E-state index in [1.807, 2.05) is 0 Å². The van der Waals surface area contributed by atoms with Crippen LogP contribution >= 0.6 is 0 Å². The number of nitrogens with one attached hydrogen (secondary N) is 2. The van der Waals surface area contributed by atoms with Gasteiger partial charge in [-0.25, -0.2) is 4.79 Å². The molecule has 0 aliphatic rings. The molecule has 0 aliphatic heterocycles. The molecule has 2 aromatic carbocycles. The lowest BCUT2D eigenvalue weighted by Gasteiger charge is -2.15. The average Bonchev–Trinajstić information content (AvgIpc) is 2.77. The maximum Gasteiger partial charge on any atom is 0.471 e. The van der Waals surface area contributed by atoms with Gasteiger partial charge in [-0.2, -0.15) is 13.2 Å². The second kappa shape index (κ2) is 11.1. The van der Waals surface area contributed by atoms with E-state index < -0.39 is 30.0 Å². The van der Waals surface area contributed by atoms with E-state index in [1.54, 1.807) is 35.6 Å². The van der Waals surface area contributed by atoms with Gasteiger partial charge < -0.3 is 15.7 Å². The molecule has 32 heavy (non-hydrogen) atoms. The topological polar surface area (TPSA) is 113 Å². The maximum atomic E-state index is 12.4. The Labute approximate surface area is 181 Å². The van der Waals surface area contributed by atoms with Gasteiger partial charge in [0.25, 0.3) is 5.91 Å². The molecule has 1 unspecified atom stereocenters. The number of hydrogen-bond donors (Lipinski definition) is 3. The number of alkyl halides is 3. The Morgan fingerprint density at radius 3 is 1.97 bits per heavy atom. The summed E-state index contributed by atoms with van der Waals surface area (Å²) in [5, 5.41) is 13.3. The minimum absolute atomic E-state index is 0.0342. The Bertz CT molecular complexity index is 960. The van der Waals surface area contributed by atoms with Gasteiger partial charge in [-0.15, -0.1) is 0 Å². The summed E-state index contributed by atoms with van der Waals surface area (Å²) in [6.07, 6.45) is -4.73. The van der Waals surface area contributed by atoms with Gasteiger partial charge in [0.05, 0.1) is 0 Å². The van der Waals surface area contributed by atoms with Crippen molar-refractivity contribution in [1.29, 1.82) is 0 Å². The first-order chi connectivity index (χ1) is 15.1. The van der Waals surface area contributed by atoms with Gasteiger partial charge in [0, 0.05) is 23.2 Å². The number of rotatable bonds is 10. The summed E-state index contributed by atoms with van der Waals surface area (Å²) in [5.41, 5.74) is 1.00. The molecule has 0 bridgehead atoms. The number of carboxylic acid groups (broad SMARTS) is 1. The third-order valence-electron chi connectivity index (χ3n) is 4.51. The Hall–Kier alpha value is -3.69. The first-order valence-electron chi connectivity index (χ1n) is 9.68. The number of amides is 2. The van der Waals surface area contributed by atoms with Gasteiger partial charge in [0.1, 0.15) is 6.04 Å². The average molecular weight is 450 g/mol. The van der Waals surface area contributed by atoms with Gasteiger partial charge in [0.2, 0.25) is 0 Å². The van der Waals surface area contributed by atoms with Gasteiger partial charge in [0.15, 0.2) is 5.78 Å². The van der Waals surface area contributed by atoms with E-state index in [0.717, 1.165) is 0 Å². The van der Waals surface area contributed by atoms with Crippen molar-refractivity contribution >= 4 is 23.6 Å². The molecule has 0 spiro atoms. The van der Waals surface area contributed by atoms with Crippen LogP contribution in [-0.2, 0) is 9.59 Å². The van der Waals surface area contributed by atoms with Crippen molar-refractivity contribution in [3.63, 3.8) is 0 Å². The molecule has 0 aliphatic carbocycles. The van der Waals surface area contributed by atoms with E-state index in [1.165, 1.54) is 24.3 Å². The van der Waals surface area contributed by atoms with Gasteiger partial charge in [-0.1, -0.05) is 42.5 Å². The summed E-state index contributed by atoms with van der Waals surface area (Å²) >= 11 is 0. The highest BCUT2D eigenvalue weighted by Gasteiger charge is 2.38. The smallest absolute Gasteiger partial charge is 0.471 e. The SMILES string of the molecule is O=C(NC(CCCCNC(=O)C(F)(F)F)C(=O)O)c1ccc(C(=O)c2ccccc2)cc1. The fourth-order valence-corrected chi connectivity index (χ4v) is 2.80. The molecule has 0 radical (unpaired) electrons. The van der Waals surface area contributed by atoms with Crippen LogP contribution < -0.4 is 10.6 Å². The monoisotopic (exact) mass is 450 g/mol. The third-order valence-corrected chi connectivity index (χ3v) is 4.51. The van der Waals surface area contributed by atoms with Crippen molar-refractivity contribution in [3.05, 3.63) is 71.3 Å². The molecule has 170 valence electrons. The molecular weight excluding hydrogens is 429 g/mol. The number of halogens is 3. The summed E-state index contributed by atoms with van der Waals surface area (Å²) in [4.78, 5) is 46.9. The summed E-state index contributed by atoms with van der Waals surface area (Å²) in [6, 6.07) is 13.0. The van der Waals surface area contributed by atoms with Crippen LogP contribution in [0.25, 0.3) is 0 Å². The molecular formula is C22H21F3N2O5. The highest BCUT2D eigenvalue weighted by Crippen LogP contribution is 2.14. The number of unbranched alkanes of at least 4 members (excludes halogenated alkanes) is 1.